The van der Waals surface area contributed by atoms with Crippen LogP contribution in [0.5, 0.6) is 0 Å². The molecule has 0 radical (unpaired) electrons. The van der Waals surface area contributed by atoms with E-state index in [1.807, 2.05) is 24.3 Å². The van der Waals surface area contributed by atoms with Gasteiger partial charge in [0.2, 0.25) is 0 Å². The molecule has 1 aliphatic rings. The van der Waals surface area contributed by atoms with Crippen LogP contribution in [0.25, 0.3) is 84.1 Å². The lowest BCUT2D eigenvalue weighted by Crippen LogP contribution is -2.16. The van der Waals surface area contributed by atoms with E-state index < -0.39 is 0 Å². The van der Waals surface area contributed by atoms with E-state index in [9.17, 15) is 0 Å². The first kappa shape index (κ1) is 40.4. The monoisotopic (exact) mass is 847 g/mol. The molecule has 0 saturated heterocycles. The summed E-state index contributed by atoms with van der Waals surface area (Å²) in [5, 5.41) is 3.56. The number of nitrogens with zero attached hydrogens (tertiary/aromatic N) is 3. The molecule has 316 valence electrons. The van der Waals surface area contributed by atoms with Gasteiger partial charge in [-0.2, -0.15) is 0 Å². The Bertz CT molecular complexity index is 3570. The Morgan fingerprint density at radius 3 is 1.70 bits per heavy atom. The van der Waals surface area contributed by atoms with Gasteiger partial charge in [0.05, 0.1) is 39.3 Å². The Kier molecular flexibility index (Phi) is 9.78. The van der Waals surface area contributed by atoms with Crippen molar-refractivity contribution in [1.29, 1.82) is 0 Å². The molecule has 2 aromatic heterocycles. The van der Waals surface area contributed by atoms with Crippen molar-refractivity contribution in [2.75, 3.05) is 4.90 Å². The smallest absolute Gasteiger partial charge is 0.0543 e. The van der Waals surface area contributed by atoms with Crippen LogP contribution in [0.15, 0.2) is 227 Å². The highest BCUT2D eigenvalue weighted by Crippen LogP contribution is 2.54. The first-order chi connectivity index (χ1) is 32.4. The Hall–Kier alpha value is -8.40. The molecule has 1 aliphatic carbocycles. The van der Waals surface area contributed by atoms with Crippen molar-refractivity contribution in [3.63, 3.8) is 0 Å². The molecule has 0 N–H and O–H groups in total. The van der Waals surface area contributed by atoms with Crippen molar-refractivity contribution >= 4 is 73.2 Å². The van der Waals surface area contributed by atoms with Gasteiger partial charge in [-0.1, -0.05) is 186 Å². The van der Waals surface area contributed by atoms with Crippen molar-refractivity contribution < 1.29 is 0 Å². The molecule has 0 aliphatic heterocycles. The molecule has 0 amide bonds. The maximum Gasteiger partial charge on any atom is 0.0543 e. The van der Waals surface area contributed by atoms with Gasteiger partial charge in [0.15, 0.2) is 0 Å². The summed E-state index contributed by atoms with van der Waals surface area (Å²) in [6.07, 6.45) is 7.79. The van der Waals surface area contributed by atoms with E-state index in [4.69, 9.17) is 0 Å². The third-order valence-electron chi connectivity index (χ3n) is 13.7. The maximum absolute atomic E-state index is 4.35. The van der Waals surface area contributed by atoms with E-state index in [0.29, 0.717) is 0 Å². The second kappa shape index (κ2) is 16.0. The van der Waals surface area contributed by atoms with Crippen molar-refractivity contribution in [2.45, 2.75) is 19.3 Å². The fourth-order valence-electron chi connectivity index (χ4n) is 10.7. The van der Waals surface area contributed by atoms with Crippen LogP contribution in [0.4, 0.5) is 17.1 Å². The summed E-state index contributed by atoms with van der Waals surface area (Å²) >= 11 is 0. The molecular weight excluding hydrogens is 799 g/mol. The third-order valence-corrected chi connectivity index (χ3v) is 13.7. The summed E-state index contributed by atoms with van der Waals surface area (Å²) in [6.45, 7) is 21.8. The van der Waals surface area contributed by atoms with Crippen molar-refractivity contribution in [3.05, 3.63) is 254 Å². The van der Waals surface area contributed by atoms with Gasteiger partial charge in [0, 0.05) is 55.2 Å². The Labute approximate surface area is 387 Å². The van der Waals surface area contributed by atoms with Crippen molar-refractivity contribution in [3.8, 4) is 27.9 Å². The quantitative estimate of drug-likeness (QED) is 0.118. The van der Waals surface area contributed by atoms with Crippen LogP contribution in [0.3, 0.4) is 0 Å². The van der Waals surface area contributed by atoms with Crippen LogP contribution in [0.2, 0.25) is 0 Å². The third kappa shape index (κ3) is 6.12. The topological polar surface area (TPSA) is 13.1 Å². The number of anilines is 3. The Morgan fingerprint density at radius 2 is 1.06 bits per heavy atom. The minimum Gasteiger partial charge on any atom is -0.310 e. The van der Waals surface area contributed by atoms with E-state index >= 15 is 0 Å². The highest BCUT2D eigenvalue weighted by molar-refractivity contribution is 6.12. The first-order valence-corrected chi connectivity index (χ1v) is 22.6. The molecule has 10 aromatic rings. The minimum atomic E-state index is -0.152. The zero-order valence-corrected chi connectivity index (χ0v) is 37.4. The molecule has 3 nitrogen and oxygen atoms in total. The number of aromatic nitrogens is 2. The van der Waals surface area contributed by atoms with Crippen LogP contribution in [0.1, 0.15) is 41.8 Å². The summed E-state index contributed by atoms with van der Waals surface area (Å²) in [5.41, 5.74) is 20.1. The van der Waals surface area contributed by atoms with E-state index in [-0.39, 0.29) is 5.41 Å². The van der Waals surface area contributed by atoms with Gasteiger partial charge in [-0.25, -0.2) is 0 Å². The van der Waals surface area contributed by atoms with Crippen molar-refractivity contribution in [2.24, 2.45) is 0 Å². The van der Waals surface area contributed by atoms with Crippen LogP contribution in [-0.2, 0) is 5.41 Å². The standard InChI is InChI=1S/C63H49N3/c1-7-46(55(9-3)65-59-31-19-14-24-50(59)51-25-15-20-32-60(51)65)42-34-38-44(39-35-42)64(61-33-21-28-54-62(61)52-26-11-16-27-53(52)63(54,5)6)45-40-36-43(37-41-45)48-22-12-17-29-57(48)66-56(10-4)47(8-2)49-23-13-18-30-58(49)66/h7-41H,1-4H2,5-6H3/b55-46-. The molecule has 0 atom stereocenters. The van der Waals surface area contributed by atoms with Crippen LogP contribution >= 0.6 is 0 Å². The number of hydrogen-bond acceptors (Lipinski definition) is 1. The molecule has 0 unspecified atom stereocenters. The number of hydrogen-bond donors (Lipinski definition) is 0. The normalized spacial score (nSPS) is 13.0. The molecule has 0 spiro atoms. The van der Waals surface area contributed by atoms with Crippen molar-refractivity contribution in [1.82, 2.24) is 9.13 Å². The van der Waals surface area contributed by atoms with E-state index in [1.54, 1.807) is 0 Å². The number of allylic oxidation sites excluding steroid dienone is 4. The van der Waals surface area contributed by atoms with E-state index in [1.165, 1.54) is 33.0 Å². The van der Waals surface area contributed by atoms with Gasteiger partial charge < -0.3 is 14.0 Å². The van der Waals surface area contributed by atoms with Gasteiger partial charge in [0.25, 0.3) is 0 Å². The lowest BCUT2D eigenvalue weighted by Gasteiger charge is -2.29. The molecule has 0 bridgehead atoms. The molecule has 3 heteroatoms. The molecule has 0 fully saturated rings. The molecule has 2 heterocycles. The largest absolute Gasteiger partial charge is 0.310 e. The number of fused-ring (bicyclic) bond motifs is 7. The Morgan fingerprint density at radius 1 is 0.500 bits per heavy atom. The Balaban J connectivity index is 1.07. The summed E-state index contributed by atoms with van der Waals surface area (Å²) in [7, 11) is 0. The highest BCUT2D eigenvalue weighted by Gasteiger charge is 2.37. The molecule has 0 saturated carbocycles. The average Bonchev–Trinajstić information content (AvgIpc) is 3.96. The van der Waals surface area contributed by atoms with Gasteiger partial charge in [0.1, 0.15) is 0 Å². The molecule has 8 aromatic carbocycles. The summed E-state index contributed by atoms with van der Waals surface area (Å²) in [6, 6.07) is 67.9. The highest BCUT2D eigenvalue weighted by atomic mass is 15.1. The number of rotatable bonds is 11. The molecule has 11 rings (SSSR count). The van der Waals surface area contributed by atoms with Gasteiger partial charge in [-0.3, -0.25) is 0 Å². The van der Waals surface area contributed by atoms with Crippen LogP contribution in [0, 0.1) is 0 Å². The fourth-order valence-corrected chi connectivity index (χ4v) is 10.7. The number of para-hydroxylation sites is 4. The minimum absolute atomic E-state index is 0.152. The number of benzene rings is 8. The predicted molar refractivity (Wildman–Crippen MR) is 284 cm³/mol. The van der Waals surface area contributed by atoms with Crippen LogP contribution < -0.4 is 4.90 Å². The van der Waals surface area contributed by atoms with E-state index in [2.05, 4.69) is 242 Å². The molecule has 66 heavy (non-hydrogen) atoms. The first-order valence-electron chi connectivity index (χ1n) is 22.6. The lowest BCUT2D eigenvalue weighted by molar-refractivity contribution is 0.660. The summed E-state index contributed by atoms with van der Waals surface area (Å²) < 4.78 is 4.63. The zero-order valence-electron chi connectivity index (χ0n) is 37.4. The van der Waals surface area contributed by atoms with E-state index in [0.717, 1.165) is 83.9 Å². The second-order valence-corrected chi connectivity index (χ2v) is 17.5. The SMILES string of the molecule is C=C/C(=C(\C=C)n1c2ccccc2c2ccccc21)c1ccc(N(c2ccc(-c3ccccc3-n3c(C=C)c(C=C)c4ccccc43)cc2)c2cccc3c2-c2ccccc2C3(C)C)cc1. The summed E-state index contributed by atoms with van der Waals surface area (Å²) in [5.74, 6) is 0. The van der Waals surface area contributed by atoms with Gasteiger partial charge in [-0.05, 0) is 94.6 Å². The fraction of sp³-hybridized carbons (Fsp3) is 0.0476. The van der Waals surface area contributed by atoms with Crippen LogP contribution in [-0.4, -0.2) is 9.13 Å². The molecular formula is C63H49N3. The lowest BCUT2D eigenvalue weighted by atomic mass is 9.82. The summed E-state index contributed by atoms with van der Waals surface area (Å²) in [4.78, 5) is 2.42. The van der Waals surface area contributed by atoms with Gasteiger partial charge in [-0.15, -0.1) is 0 Å². The van der Waals surface area contributed by atoms with Gasteiger partial charge >= 0.3 is 0 Å². The maximum atomic E-state index is 4.35. The average molecular weight is 848 g/mol. The second-order valence-electron chi connectivity index (χ2n) is 17.5. The zero-order chi connectivity index (χ0) is 45.1. The predicted octanol–water partition coefficient (Wildman–Crippen LogP) is 17.2.